The molecule has 0 aliphatic carbocycles. The van der Waals surface area contributed by atoms with Crippen LogP contribution in [0, 0.1) is 11.6 Å². The Bertz CT molecular complexity index is 1800. The van der Waals surface area contributed by atoms with Gasteiger partial charge in [0.25, 0.3) is 11.5 Å². The molecule has 2 N–H and O–H groups in total. The number of rotatable bonds is 8. The van der Waals surface area contributed by atoms with Crippen molar-refractivity contribution in [2.75, 3.05) is 5.32 Å². The molecule has 6 nitrogen and oxygen atoms in total. The standard InChI is InChI=1S/C33H23ClF2N2O4/c34-26-12-6-20(7-13-26)14-30(33(41)42)38-19-25(24-15-27(35)18-28(36)16-24)17-29(32(38)40)37-31(39)23-10-8-22(9-11-23)21-4-2-1-3-5-21/h1-13,15-19,30H,14H2,(H,37,39)(H,41,42). The Morgan fingerprint density at radius 3 is 2.02 bits per heavy atom. The molecule has 0 saturated carbocycles. The Kier molecular flexibility index (Phi) is 8.26. The summed E-state index contributed by atoms with van der Waals surface area (Å²) >= 11 is 5.95. The maximum Gasteiger partial charge on any atom is 0.327 e. The number of benzene rings is 4. The number of amides is 1. The third kappa shape index (κ3) is 6.45. The van der Waals surface area contributed by atoms with Crippen LogP contribution in [0.4, 0.5) is 14.5 Å². The summed E-state index contributed by atoms with van der Waals surface area (Å²) in [5.74, 6) is -3.65. The van der Waals surface area contributed by atoms with Gasteiger partial charge in [0.15, 0.2) is 0 Å². The normalized spacial score (nSPS) is 11.6. The SMILES string of the molecule is O=C(Nc1cc(-c2cc(F)cc(F)c2)cn(C(Cc2ccc(Cl)cc2)C(=O)O)c1=O)c1ccc(-c2ccccc2)cc1. The fourth-order valence-corrected chi connectivity index (χ4v) is 4.72. The van der Waals surface area contributed by atoms with Gasteiger partial charge in [0.2, 0.25) is 0 Å². The lowest BCUT2D eigenvalue weighted by atomic mass is 10.0. The largest absolute Gasteiger partial charge is 0.480 e. The molecule has 42 heavy (non-hydrogen) atoms. The van der Waals surface area contributed by atoms with Crippen LogP contribution in [0.25, 0.3) is 22.3 Å². The van der Waals surface area contributed by atoms with Gasteiger partial charge in [-0.25, -0.2) is 13.6 Å². The van der Waals surface area contributed by atoms with Crippen LogP contribution in [0.15, 0.2) is 114 Å². The Morgan fingerprint density at radius 2 is 1.40 bits per heavy atom. The van der Waals surface area contributed by atoms with E-state index in [9.17, 15) is 28.3 Å². The van der Waals surface area contributed by atoms with E-state index < -0.39 is 35.1 Å². The number of carbonyl (C=O) groups is 2. The van der Waals surface area contributed by atoms with Crippen molar-refractivity contribution in [2.24, 2.45) is 0 Å². The van der Waals surface area contributed by atoms with Crippen molar-refractivity contribution in [3.05, 3.63) is 147 Å². The Morgan fingerprint density at radius 1 is 0.786 bits per heavy atom. The molecule has 1 atom stereocenters. The molecule has 0 aliphatic heterocycles. The van der Waals surface area contributed by atoms with Gasteiger partial charge in [-0.2, -0.15) is 0 Å². The van der Waals surface area contributed by atoms with Gasteiger partial charge in [-0.05, 0) is 64.7 Å². The number of hydrogen-bond donors (Lipinski definition) is 2. The van der Waals surface area contributed by atoms with Crippen LogP contribution in [0.2, 0.25) is 5.02 Å². The lowest BCUT2D eigenvalue weighted by Gasteiger charge is -2.19. The summed E-state index contributed by atoms with van der Waals surface area (Å²) in [5, 5.41) is 13.1. The molecule has 1 unspecified atom stereocenters. The number of halogens is 3. The zero-order valence-corrected chi connectivity index (χ0v) is 22.7. The minimum Gasteiger partial charge on any atom is -0.480 e. The lowest BCUT2D eigenvalue weighted by molar-refractivity contribution is -0.141. The number of carbonyl (C=O) groups excluding carboxylic acids is 1. The van der Waals surface area contributed by atoms with Crippen LogP contribution in [0.1, 0.15) is 22.0 Å². The first kappa shape index (κ1) is 28.4. The molecule has 0 radical (unpaired) electrons. The van der Waals surface area contributed by atoms with Crippen LogP contribution in [-0.2, 0) is 11.2 Å². The zero-order chi connectivity index (χ0) is 29.8. The summed E-state index contributed by atoms with van der Waals surface area (Å²) in [6, 6.07) is 25.4. The molecular formula is C33H23ClF2N2O4. The highest BCUT2D eigenvalue weighted by molar-refractivity contribution is 6.30. The van der Waals surface area contributed by atoms with E-state index in [1.165, 1.54) is 12.3 Å². The molecule has 0 spiro atoms. The van der Waals surface area contributed by atoms with Gasteiger partial charge < -0.3 is 10.4 Å². The van der Waals surface area contributed by atoms with Gasteiger partial charge in [-0.3, -0.25) is 14.2 Å². The fraction of sp³-hybridized carbons (Fsp3) is 0.0606. The Labute approximate surface area is 244 Å². The molecule has 4 aromatic carbocycles. The van der Waals surface area contributed by atoms with Crippen molar-refractivity contribution < 1.29 is 23.5 Å². The molecule has 0 aliphatic rings. The maximum absolute atomic E-state index is 14.1. The summed E-state index contributed by atoms with van der Waals surface area (Å²) in [4.78, 5) is 39.2. The minimum absolute atomic E-state index is 0.0552. The summed E-state index contributed by atoms with van der Waals surface area (Å²) < 4.78 is 29.2. The highest BCUT2D eigenvalue weighted by atomic mass is 35.5. The van der Waals surface area contributed by atoms with E-state index in [1.807, 2.05) is 30.3 Å². The monoisotopic (exact) mass is 584 g/mol. The van der Waals surface area contributed by atoms with Crippen molar-refractivity contribution in [3.8, 4) is 22.3 Å². The number of aliphatic carboxylic acids is 1. The van der Waals surface area contributed by atoms with Crippen molar-refractivity contribution in [3.63, 3.8) is 0 Å². The van der Waals surface area contributed by atoms with E-state index in [2.05, 4.69) is 5.32 Å². The van der Waals surface area contributed by atoms with Gasteiger partial charge >= 0.3 is 5.97 Å². The topological polar surface area (TPSA) is 88.4 Å². The first-order chi connectivity index (χ1) is 20.2. The van der Waals surface area contributed by atoms with Crippen LogP contribution in [0.5, 0.6) is 0 Å². The minimum atomic E-state index is -1.40. The average Bonchev–Trinajstić information content (AvgIpc) is 2.98. The summed E-state index contributed by atoms with van der Waals surface area (Å²) in [5.41, 5.74) is 1.82. The highest BCUT2D eigenvalue weighted by Gasteiger charge is 2.24. The van der Waals surface area contributed by atoms with Crippen LogP contribution >= 0.6 is 11.6 Å². The molecule has 0 fully saturated rings. The number of hydrogen-bond acceptors (Lipinski definition) is 3. The van der Waals surface area contributed by atoms with Gasteiger partial charge in [0, 0.05) is 34.8 Å². The summed E-state index contributed by atoms with van der Waals surface area (Å²) in [6.07, 6.45) is 1.12. The highest BCUT2D eigenvalue weighted by Crippen LogP contribution is 2.26. The van der Waals surface area contributed by atoms with Gasteiger partial charge in [-0.15, -0.1) is 0 Å². The van der Waals surface area contributed by atoms with E-state index >= 15 is 0 Å². The molecule has 5 rings (SSSR count). The van der Waals surface area contributed by atoms with Crippen LogP contribution < -0.4 is 10.9 Å². The predicted molar refractivity (Wildman–Crippen MR) is 158 cm³/mol. The molecule has 0 saturated heterocycles. The van der Waals surface area contributed by atoms with Crippen molar-refractivity contribution in [2.45, 2.75) is 12.5 Å². The van der Waals surface area contributed by atoms with Crippen LogP contribution in [-0.4, -0.2) is 21.6 Å². The van der Waals surface area contributed by atoms with E-state index in [0.29, 0.717) is 16.7 Å². The first-order valence-corrected chi connectivity index (χ1v) is 13.2. The molecule has 5 aromatic rings. The van der Waals surface area contributed by atoms with Gasteiger partial charge in [-0.1, -0.05) is 66.2 Å². The van der Waals surface area contributed by atoms with E-state index in [-0.39, 0.29) is 28.8 Å². The number of nitrogens with zero attached hydrogens (tertiary/aromatic N) is 1. The lowest BCUT2D eigenvalue weighted by Crippen LogP contribution is -2.33. The molecule has 1 aromatic heterocycles. The maximum atomic E-state index is 14.1. The number of nitrogens with one attached hydrogen (secondary N) is 1. The third-order valence-corrected chi connectivity index (χ3v) is 6.96. The van der Waals surface area contributed by atoms with Crippen molar-refractivity contribution >= 4 is 29.2 Å². The second-order valence-corrected chi connectivity index (χ2v) is 10.0. The number of carboxylic acid groups (broad SMARTS) is 1. The summed E-state index contributed by atoms with van der Waals surface area (Å²) in [7, 11) is 0. The van der Waals surface area contributed by atoms with Gasteiger partial charge in [0.05, 0.1) is 0 Å². The third-order valence-electron chi connectivity index (χ3n) is 6.70. The zero-order valence-electron chi connectivity index (χ0n) is 21.9. The quantitative estimate of drug-likeness (QED) is 0.201. The van der Waals surface area contributed by atoms with Crippen molar-refractivity contribution in [1.82, 2.24) is 4.57 Å². The number of pyridine rings is 1. The number of anilines is 1. The second-order valence-electron chi connectivity index (χ2n) is 9.60. The van der Waals surface area contributed by atoms with Gasteiger partial charge in [0.1, 0.15) is 23.4 Å². The van der Waals surface area contributed by atoms with Crippen LogP contribution in [0.3, 0.4) is 0 Å². The Hall–Kier alpha value is -5.08. The smallest absolute Gasteiger partial charge is 0.327 e. The second kappa shape index (κ2) is 12.2. The molecule has 210 valence electrons. The van der Waals surface area contributed by atoms with E-state index in [4.69, 9.17) is 11.6 Å². The first-order valence-electron chi connectivity index (χ1n) is 12.8. The number of aromatic nitrogens is 1. The van der Waals surface area contributed by atoms with E-state index in [1.54, 1.807) is 48.5 Å². The molecule has 1 heterocycles. The molecule has 1 amide bonds. The van der Waals surface area contributed by atoms with E-state index in [0.717, 1.165) is 27.8 Å². The predicted octanol–water partition coefficient (Wildman–Crippen LogP) is 7.23. The summed E-state index contributed by atoms with van der Waals surface area (Å²) in [6.45, 7) is 0. The molecule has 9 heteroatoms. The van der Waals surface area contributed by atoms with Crippen molar-refractivity contribution in [1.29, 1.82) is 0 Å². The Balaban J connectivity index is 1.55. The molecule has 0 bridgehead atoms. The molecular weight excluding hydrogens is 562 g/mol. The average molecular weight is 585 g/mol. The fourth-order valence-electron chi connectivity index (χ4n) is 4.59. The number of carboxylic acids is 1.